The Hall–Kier alpha value is -3.08. The molecule has 5 heteroatoms. The molecule has 1 aromatic heterocycles. The van der Waals surface area contributed by atoms with Crippen LogP contribution in [0.1, 0.15) is 62.2 Å². The van der Waals surface area contributed by atoms with Gasteiger partial charge in [0.2, 0.25) is 0 Å². The predicted octanol–water partition coefficient (Wildman–Crippen LogP) is 6.14. The van der Waals surface area contributed by atoms with Crippen LogP contribution in [-0.4, -0.2) is 12.6 Å². The van der Waals surface area contributed by atoms with Crippen LogP contribution in [-0.2, 0) is 0 Å². The van der Waals surface area contributed by atoms with Crippen LogP contribution >= 0.6 is 0 Å². The molecule has 0 aliphatic carbocycles. The Morgan fingerprint density at radius 1 is 0.833 bits per heavy atom. The Morgan fingerprint density at radius 3 is 2.30 bits per heavy atom. The molecule has 0 saturated carbocycles. The molecule has 0 radical (unpaired) electrons. The third-order valence-electron chi connectivity index (χ3n) is 4.91. The molecule has 2 aromatic carbocycles. The maximum absolute atomic E-state index is 12.4. The lowest BCUT2D eigenvalue weighted by atomic mass is 10.1. The normalized spacial score (nSPS) is 10.8. The molecule has 0 spiro atoms. The van der Waals surface area contributed by atoms with Crippen LogP contribution in [0.5, 0.6) is 11.5 Å². The molecule has 0 unspecified atom stereocenters. The van der Waals surface area contributed by atoms with Gasteiger partial charge in [0.1, 0.15) is 17.1 Å². The third-order valence-corrected chi connectivity index (χ3v) is 4.91. The standard InChI is InChI=1S/C25H28O5/c1-2-3-4-5-6-7-8-17-28-21-12-9-19(10-13-21)25(27)29-22-14-15-23-20(18-22)11-16-24(26)30-23/h9-16,18H,2-8,17H2,1H3. The van der Waals surface area contributed by atoms with Crippen LogP contribution in [0.15, 0.2) is 63.8 Å². The zero-order valence-electron chi connectivity index (χ0n) is 17.4. The van der Waals surface area contributed by atoms with E-state index in [9.17, 15) is 9.59 Å². The summed E-state index contributed by atoms with van der Waals surface area (Å²) < 4.78 is 16.3. The quantitative estimate of drug-likeness (QED) is 0.165. The summed E-state index contributed by atoms with van der Waals surface area (Å²) >= 11 is 0. The molecule has 1 heterocycles. The molecule has 0 atom stereocenters. The molecule has 0 bridgehead atoms. The van der Waals surface area contributed by atoms with Crippen molar-refractivity contribution in [3.05, 3.63) is 70.6 Å². The number of esters is 1. The van der Waals surface area contributed by atoms with Crippen molar-refractivity contribution in [3.63, 3.8) is 0 Å². The lowest BCUT2D eigenvalue weighted by Gasteiger charge is -2.08. The fraction of sp³-hybridized carbons (Fsp3) is 0.360. The molecular formula is C25H28O5. The van der Waals surface area contributed by atoms with E-state index in [0.717, 1.165) is 12.2 Å². The number of rotatable bonds is 11. The zero-order chi connectivity index (χ0) is 21.2. The molecule has 3 rings (SSSR count). The van der Waals surface area contributed by atoms with Gasteiger partial charge in [-0.3, -0.25) is 0 Å². The SMILES string of the molecule is CCCCCCCCCOc1ccc(C(=O)Oc2ccc3oc(=O)ccc3c2)cc1. The second-order valence-corrected chi connectivity index (χ2v) is 7.34. The van der Waals surface area contributed by atoms with Gasteiger partial charge in [-0.15, -0.1) is 0 Å². The van der Waals surface area contributed by atoms with Gasteiger partial charge in [-0.05, 0) is 55.0 Å². The van der Waals surface area contributed by atoms with Gasteiger partial charge in [-0.25, -0.2) is 9.59 Å². The fourth-order valence-corrected chi connectivity index (χ4v) is 3.22. The monoisotopic (exact) mass is 408 g/mol. The van der Waals surface area contributed by atoms with Crippen molar-refractivity contribution >= 4 is 16.9 Å². The van der Waals surface area contributed by atoms with Gasteiger partial charge in [0.25, 0.3) is 0 Å². The molecule has 30 heavy (non-hydrogen) atoms. The molecule has 0 saturated heterocycles. The van der Waals surface area contributed by atoms with Crippen molar-refractivity contribution in [2.24, 2.45) is 0 Å². The Kier molecular flexibility index (Phi) is 8.07. The highest BCUT2D eigenvalue weighted by Gasteiger charge is 2.10. The molecule has 0 aliphatic heterocycles. The average Bonchev–Trinajstić information content (AvgIpc) is 2.76. The number of unbranched alkanes of at least 4 members (excludes halogenated alkanes) is 6. The van der Waals surface area contributed by atoms with Crippen molar-refractivity contribution in [1.82, 2.24) is 0 Å². The van der Waals surface area contributed by atoms with Crippen LogP contribution in [0.4, 0.5) is 0 Å². The Bertz CT molecular complexity index is 1000. The maximum Gasteiger partial charge on any atom is 0.343 e. The van der Waals surface area contributed by atoms with E-state index in [1.54, 1.807) is 48.5 Å². The summed E-state index contributed by atoms with van der Waals surface area (Å²) in [5, 5.41) is 0.689. The number of ether oxygens (including phenoxy) is 2. The highest BCUT2D eigenvalue weighted by atomic mass is 16.5. The summed E-state index contributed by atoms with van der Waals surface area (Å²) in [6.07, 6.45) is 8.70. The summed E-state index contributed by atoms with van der Waals surface area (Å²) in [4.78, 5) is 23.6. The fourth-order valence-electron chi connectivity index (χ4n) is 3.22. The minimum absolute atomic E-state index is 0.389. The summed E-state index contributed by atoms with van der Waals surface area (Å²) in [6, 6.07) is 14.8. The number of hydrogen-bond acceptors (Lipinski definition) is 5. The van der Waals surface area contributed by atoms with Crippen LogP contribution in [0.25, 0.3) is 11.0 Å². The van der Waals surface area contributed by atoms with Crippen LogP contribution in [0.2, 0.25) is 0 Å². The summed E-state index contributed by atoms with van der Waals surface area (Å²) in [7, 11) is 0. The van der Waals surface area contributed by atoms with E-state index < -0.39 is 11.6 Å². The molecule has 3 aromatic rings. The topological polar surface area (TPSA) is 65.7 Å². The number of benzene rings is 2. The van der Waals surface area contributed by atoms with Gasteiger partial charge >= 0.3 is 11.6 Å². The van der Waals surface area contributed by atoms with E-state index >= 15 is 0 Å². The molecule has 0 N–H and O–H groups in total. The molecule has 0 fully saturated rings. The van der Waals surface area contributed by atoms with Crippen molar-refractivity contribution in [1.29, 1.82) is 0 Å². The van der Waals surface area contributed by atoms with Crippen LogP contribution < -0.4 is 15.1 Å². The van der Waals surface area contributed by atoms with Gasteiger partial charge in [-0.2, -0.15) is 0 Å². The Labute approximate surface area is 176 Å². The Morgan fingerprint density at radius 2 is 1.53 bits per heavy atom. The smallest absolute Gasteiger partial charge is 0.343 e. The summed E-state index contributed by atoms with van der Waals surface area (Å²) in [5.41, 5.74) is 0.476. The van der Waals surface area contributed by atoms with E-state index in [1.807, 2.05) is 0 Å². The van der Waals surface area contributed by atoms with Crippen molar-refractivity contribution < 1.29 is 18.7 Å². The lowest BCUT2D eigenvalue weighted by molar-refractivity contribution is 0.0735. The first-order chi connectivity index (χ1) is 14.7. The van der Waals surface area contributed by atoms with Crippen molar-refractivity contribution in [2.45, 2.75) is 51.9 Å². The van der Waals surface area contributed by atoms with Crippen molar-refractivity contribution in [3.8, 4) is 11.5 Å². The number of carbonyl (C=O) groups excluding carboxylic acids is 1. The van der Waals surface area contributed by atoms with E-state index in [0.29, 0.717) is 28.9 Å². The van der Waals surface area contributed by atoms with Gasteiger partial charge in [0.05, 0.1) is 12.2 Å². The summed E-state index contributed by atoms with van der Waals surface area (Å²) in [5.74, 6) is 0.684. The Balaban J connectivity index is 1.45. The van der Waals surface area contributed by atoms with Crippen molar-refractivity contribution in [2.75, 3.05) is 6.61 Å². The number of hydrogen-bond donors (Lipinski definition) is 0. The summed E-state index contributed by atoms with van der Waals surface area (Å²) in [6.45, 7) is 2.91. The van der Waals surface area contributed by atoms with E-state index in [1.165, 1.54) is 44.6 Å². The number of fused-ring (bicyclic) bond motifs is 1. The number of carbonyl (C=O) groups is 1. The first-order valence-corrected chi connectivity index (χ1v) is 10.6. The van der Waals surface area contributed by atoms with E-state index in [4.69, 9.17) is 13.9 Å². The minimum Gasteiger partial charge on any atom is -0.494 e. The second-order valence-electron chi connectivity index (χ2n) is 7.34. The largest absolute Gasteiger partial charge is 0.494 e. The molecule has 158 valence electrons. The zero-order valence-corrected chi connectivity index (χ0v) is 17.4. The second kappa shape index (κ2) is 11.2. The van der Waals surface area contributed by atoms with E-state index in [-0.39, 0.29) is 0 Å². The first kappa shape index (κ1) is 21.6. The molecular weight excluding hydrogens is 380 g/mol. The van der Waals surface area contributed by atoms with Gasteiger partial charge < -0.3 is 13.9 Å². The molecule has 0 amide bonds. The predicted molar refractivity (Wildman–Crippen MR) is 117 cm³/mol. The van der Waals surface area contributed by atoms with Crippen LogP contribution in [0.3, 0.4) is 0 Å². The third kappa shape index (κ3) is 6.48. The highest BCUT2D eigenvalue weighted by molar-refractivity contribution is 5.91. The maximum atomic E-state index is 12.4. The first-order valence-electron chi connectivity index (χ1n) is 10.6. The average molecular weight is 408 g/mol. The molecule has 0 aliphatic rings. The van der Waals surface area contributed by atoms with Gasteiger partial charge in [0.15, 0.2) is 0 Å². The van der Waals surface area contributed by atoms with Gasteiger partial charge in [-0.1, -0.05) is 45.4 Å². The van der Waals surface area contributed by atoms with Gasteiger partial charge in [0, 0.05) is 11.5 Å². The lowest BCUT2D eigenvalue weighted by Crippen LogP contribution is -2.08. The van der Waals surface area contributed by atoms with Crippen LogP contribution in [0, 0.1) is 0 Å². The molecule has 5 nitrogen and oxygen atoms in total. The minimum atomic E-state index is -0.453. The van der Waals surface area contributed by atoms with E-state index in [2.05, 4.69) is 6.92 Å². The highest BCUT2D eigenvalue weighted by Crippen LogP contribution is 2.21.